The maximum Gasteiger partial charge on any atom is 0.109 e. The second kappa shape index (κ2) is 13.6. The summed E-state index contributed by atoms with van der Waals surface area (Å²) in [5.74, 6) is 6.57. The van der Waals surface area contributed by atoms with Crippen LogP contribution in [0.3, 0.4) is 0 Å². The lowest BCUT2D eigenvalue weighted by Crippen LogP contribution is -2.17. The van der Waals surface area contributed by atoms with Crippen molar-refractivity contribution in [3.8, 4) is 11.8 Å². The van der Waals surface area contributed by atoms with Gasteiger partial charge in [0.05, 0.1) is 11.9 Å². The molecule has 1 atom stereocenters. The van der Waals surface area contributed by atoms with Crippen LogP contribution in [-0.2, 0) is 13.5 Å². The van der Waals surface area contributed by atoms with Gasteiger partial charge in [0.1, 0.15) is 6.67 Å². The molecule has 0 aliphatic carbocycles. The van der Waals surface area contributed by atoms with Gasteiger partial charge >= 0.3 is 0 Å². The lowest BCUT2D eigenvalue weighted by molar-refractivity contribution is 0.286. The molecule has 0 spiro atoms. The third-order valence-corrected chi connectivity index (χ3v) is 5.15. The van der Waals surface area contributed by atoms with Crippen molar-refractivity contribution in [2.24, 2.45) is 23.4 Å². The number of nitrogens with zero attached hydrogens (tertiary/aromatic N) is 3. The second-order valence-corrected chi connectivity index (χ2v) is 8.53. The Labute approximate surface area is 188 Å². The monoisotopic (exact) mass is 423 g/mol. The average Bonchev–Trinajstić information content (AvgIpc) is 3.07. The highest BCUT2D eigenvalue weighted by Gasteiger charge is 2.19. The molecule has 1 aromatic rings. The van der Waals surface area contributed by atoms with E-state index in [9.17, 15) is 4.39 Å². The Kier molecular flexibility index (Phi) is 11.6. The number of aromatic nitrogens is 2. The highest BCUT2D eigenvalue weighted by atomic mass is 19.1. The van der Waals surface area contributed by atoms with Crippen molar-refractivity contribution in [2.45, 2.75) is 60.8 Å². The van der Waals surface area contributed by atoms with Gasteiger partial charge in [-0.1, -0.05) is 57.9 Å². The molecule has 0 aliphatic rings. The second-order valence-electron chi connectivity index (χ2n) is 8.53. The van der Waals surface area contributed by atoms with E-state index in [1.807, 2.05) is 51.7 Å². The van der Waals surface area contributed by atoms with Crippen molar-refractivity contribution in [1.82, 2.24) is 9.78 Å². The van der Waals surface area contributed by atoms with Gasteiger partial charge in [-0.2, -0.15) is 5.10 Å². The molecule has 1 heterocycles. The van der Waals surface area contributed by atoms with Crippen LogP contribution < -0.4 is 0 Å². The van der Waals surface area contributed by atoms with Crippen LogP contribution in [0.25, 0.3) is 5.57 Å². The van der Waals surface area contributed by atoms with Crippen molar-refractivity contribution in [3.63, 3.8) is 0 Å². The molecule has 0 aromatic carbocycles. The third-order valence-electron chi connectivity index (χ3n) is 5.15. The number of hydrogen-bond acceptors (Lipinski definition) is 2. The molecule has 3 nitrogen and oxygen atoms in total. The van der Waals surface area contributed by atoms with Crippen LogP contribution in [0.2, 0.25) is 0 Å². The summed E-state index contributed by atoms with van der Waals surface area (Å²) in [4.78, 5) is 4.46. The van der Waals surface area contributed by atoms with Crippen molar-refractivity contribution < 1.29 is 4.39 Å². The molecule has 0 amide bonds. The number of aryl methyl sites for hydroxylation is 2. The molecule has 0 bridgehead atoms. The van der Waals surface area contributed by atoms with Gasteiger partial charge in [-0.25, -0.2) is 4.39 Å². The fraction of sp³-hybridized carbons (Fsp3) is 0.481. The minimum atomic E-state index is -0.501. The zero-order valence-electron chi connectivity index (χ0n) is 20.2. The van der Waals surface area contributed by atoms with E-state index in [2.05, 4.69) is 61.8 Å². The lowest BCUT2D eigenvalue weighted by Gasteiger charge is -2.26. The lowest BCUT2D eigenvalue weighted by atomic mass is 9.79. The maximum absolute atomic E-state index is 13.0. The number of rotatable bonds is 10. The van der Waals surface area contributed by atoms with E-state index in [0.717, 1.165) is 41.7 Å². The van der Waals surface area contributed by atoms with Gasteiger partial charge in [-0.05, 0) is 61.7 Å². The molecule has 4 heteroatoms. The fourth-order valence-corrected chi connectivity index (χ4v) is 3.52. The molecule has 1 unspecified atom stereocenters. The van der Waals surface area contributed by atoms with Crippen molar-refractivity contribution in [2.75, 3.05) is 6.67 Å². The van der Waals surface area contributed by atoms with Gasteiger partial charge < -0.3 is 0 Å². The molecule has 31 heavy (non-hydrogen) atoms. The zero-order chi connectivity index (χ0) is 23.3. The van der Waals surface area contributed by atoms with Crippen LogP contribution in [0.4, 0.5) is 4.39 Å². The Morgan fingerprint density at radius 1 is 1.32 bits per heavy atom. The average molecular weight is 424 g/mol. The summed E-state index contributed by atoms with van der Waals surface area (Å²) in [6.07, 6.45) is 18.0. The quantitative estimate of drug-likeness (QED) is 0.229. The van der Waals surface area contributed by atoms with Gasteiger partial charge in [-0.3, -0.25) is 9.67 Å². The van der Waals surface area contributed by atoms with Gasteiger partial charge in [0.15, 0.2) is 0 Å². The first kappa shape index (κ1) is 26.4. The van der Waals surface area contributed by atoms with Crippen molar-refractivity contribution >= 4 is 11.8 Å². The molecule has 1 aromatic heterocycles. The summed E-state index contributed by atoms with van der Waals surface area (Å²) in [5.41, 5.74) is 4.03. The first-order valence-electron chi connectivity index (χ1n) is 11.0. The van der Waals surface area contributed by atoms with Crippen LogP contribution in [0, 0.1) is 23.2 Å². The number of halogens is 1. The highest BCUT2D eigenvalue weighted by Crippen LogP contribution is 2.29. The Morgan fingerprint density at radius 2 is 2.06 bits per heavy atom. The Bertz CT molecular complexity index is 893. The van der Waals surface area contributed by atoms with E-state index in [1.165, 1.54) is 0 Å². The maximum atomic E-state index is 13.0. The number of alkyl halides is 1. The van der Waals surface area contributed by atoms with Gasteiger partial charge in [0, 0.05) is 25.0 Å². The van der Waals surface area contributed by atoms with Crippen molar-refractivity contribution in [1.29, 1.82) is 0 Å². The minimum Gasteiger partial charge on any atom is -0.268 e. The summed E-state index contributed by atoms with van der Waals surface area (Å²) in [7, 11) is 1.89. The largest absolute Gasteiger partial charge is 0.268 e. The van der Waals surface area contributed by atoms with Crippen molar-refractivity contribution in [3.05, 3.63) is 59.6 Å². The van der Waals surface area contributed by atoms with E-state index in [1.54, 1.807) is 10.8 Å². The number of allylic oxidation sites excluding steroid dienone is 7. The fourth-order valence-electron chi connectivity index (χ4n) is 3.52. The van der Waals surface area contributed by atoms with Crippen LogP contribution >= 0.6 is 0 Å². The molecule has 0 fully saturated rings. The molecule has 0 saturated heterocycles. The van der Waals surface area contributed by atoms with Gasteiger partial charge in [0.2, 0.25) is 0 Å². The van der Waals surface area contributed by atoms with E-state index < -0.39 is 6.67 Å². The van der Waals surface area contributed by atoms with Crippen LogP contribution in [-0.4, -0.2) is 22.7 Å². The van der Waals surface area contributed by atoms with Gasteiger partial charge in [0.25, 0.3) is 0 Å². The first-order chi connectivity index (χ1) is 14.8. The molecule has 168 valence electrons. The zero-order valence-corrected chi connectivity index (χ0v) is 20.2. The summed E-state index contributed by atoms with van der Waals surface area (Å²) in [6, 6.07) is 0. The Hall–Kier alpha value is -2.67. The van der Waals surface area contributed by atoms with Crippen LogP contribution in [0.15, 0.2) is 53.3 Å². The summed E-state index contributed by atoms with van der Waals surface area (Å²) in [6.45, 7) is 12.2. The summed E-state index contributed by atoms with van der Waals surface area (Å²) < 4.78 is 14.8. The highest BCUT2D eigenvalue weighted by molar-refractivity contribution is 5.84. The smallest absolute Gasteiger partial charge is 0.109 e. The molecule has 0 aliphatic heterocycles. The first-order valence-corrected chi connectivity index (χ1v) is 11.0. The minimum absolute atomic E-state index is 0.229. The molecular formula is C27H38FN3. The third kappa shape index (κ3) is 8.92. The molecule has 0 radical (unpaired) electrons. The molecule has 1 rings (SSSR count). The number of aliphatic imine (C=N–C) groups is 1. The van der Waals surface area contributed by atoms with Gasteiger partial charge in [-0.15, -0.1) is 5.92 Å². The van der Waals surface area contributed by atoms with E-state index >= 15 is 0 Å². The summed E-state index contributed by atoms with van der Waals surface area (Å²) in [5, 5.41) is 4.38. The predicted molar refractivity (Wildman–Crippen MR) is 133 cm³/mol. The van der Waals surface area contributed by atoms with Crippen LogP contribution in [0.1, 0.15) is 65.6 Å². The normalized spacial score (nSPS) is 14.6. The molecule has 0 saturated carbocycles. The number of hydrogen-bond donors (Lipinski definition) is 0. The Balaban J connectivity index is 2.94. The topological polar surface area (TPSA) is 30.2 Å². The summed E-state index contributed by atoms with van der Waals surface area (Å²) >= 11 is 0. The van der Waals surface area contributed by atoms with E-state index in [0.29, 0.717) is 5.92 Å². The predicted octanol–water partition coefficient (Wildman–Crippen LogP) is 6.89. The standard InChI is InChI=1S/C27H38FN3/c1-8-12-22(20-29-19-17-25(10-3)27(4,5)6)14-11-15-24-21-30-31(7)26(24)23(13-9-2)16-18-28/h9,13-14,16-17,19-21,25H,10-11,15,18H2,1-7H3/b13-9-,19-17+,22-14-,23-16+,29-20+. The SMILES string of the molecule is CC#CC(=C/CCc1cnn(C)c1C(/C=C\C)=C/CF)/C=N/C=C/C(CC)C(C)(C)C. The van der Waals surface area contributed by atoms with E-state index in [4.69, 9.17) is 0 Å². The Morgan fingerprint density at radius 3 is 2.65 bits per heavy atom. The molecule has 0 N–H and O–H groups in total. The van der Waals surface area contributed by atoms with E-state index in [-0.39, 0.29) is 5.41 Å². The van der Waals surface area contributed by atoms with Crippen LogP contribution in [0.5, 0.6) is 0 Å². The molecular weight excluding hydrogens is 385 g/mol.